The van der Waals surface area contributed by atoms with Gasteiger partial charge in [0.2, 0.25) is 0 Å². The lowest BCUT2D eigenvalue weighted by Gasteiger charge is -2.09. The molecule has 0 spiro atoms. The summed E-state index contributed by atoms with van der Waals surface area (Å²) in [5.74, 6) is 0.804. The van der Waals surface area contributed by atoms with E-state index in [0.717, 1.165) is 35.3 Å². The number of nitrogens with zero attached hydrogens (tertiary/aromatic N) is 2. The molecule has 1 heterocycles. The van der Waals surface area contributed by atoms with Crippen LogP contribution in [0.5, 0.6) is 0 Å². The first-order chi connectivity index (χ1) is 7.19. The van der Waals surface area contributed by atoms with Gasteiger partial charge in [-0.15, -0.1) is 0 Å². The number of hydrogen-bond acceptors (Lipinski definition) is 3. The van der Waals surface area contributed by atoms with Gasteiger partial charge < -0.3 is 5.73 Å². The summed E-state index contributed by atoms with van der Waals surface area (Å²) in [6, 6.07) is 8.06. The van der Waals surface area contributed by atoms with Crippen LogP contribution >= 0.6 is 0 Å². The second-order valence-electron chi connectivity index (χ2n) is 4.31. The Kier molecular flexibility index (Phi) is 1.62. The molecule has 1 saturated carbocycles. The van der Waals surface area contributed by atoms with Gasteiger partial charge in [-0.2, -0.15) is 0 Å². The Bertz CT molecular complexity index is 529. The Morgan fingerprint density at radius 1 is 1.20 bits per heavy atom. The average molecular weight is 199 g/mol. The molecule has 0 radical (unpaired) electrons. The summed E-state index contributed by atoms with van der Waals surface area (Å²) >= 11 is 0. The zero-order valence-corrected chi connectivity index (χ0v) is 8.70. The van der Waals surface area contributed by atoms with Gasteiger partial charge in [-0.3, -0.25) is 0 Å². The van der Waals surface area contributed by atoms with Crippen LogP contribution in [0.15, 0.2) is 24.3 Å². The molecule has 0 aliphatic heterocycles. The summed E-state index contributed by atoms with van der Waals surface area (Å²) in [6.45, 7) is 2.01. The van der Waals surface area contributed by atoms with Gasteiger partial charge in [0.05, 0.1) is 11.1 Å². The zero-order chi connectivity index (χ0) is 10.5. The second kappa shape index (κ2) is 2.76. The number of benzene rings is 1. The molecule has 1 aliphatic carbocycles. The SMILES string of the molecule is Cc1nc(C2(N)CC2)nc2ccccc12. The third-order valence-corrected chi connectivity index (χ3v) is 3.03. The highest BCUT2D eigenvalue weighted by molar-refractivity contribution is 5.80. The Morgan fingerprint density at radius 2 is 1.93 bits per heavy atom. The Hall–Kier alpha value is -1.48. The smallest absolute Gasteiger partial charge is 0.149 e. The quantitative estimate of drug-likeness (QED) is 0.763. The number of aryl methyl sites for hydroxylation is 1. The Balaban J connectivity index is 2.27. The van der Waals surface area contributed by atoms with E-state index in [0.29, 0.717) is 0 Å². The molecule has 0 unspecified atom stereocenters. The number of aromatic nitrogens is 2. The number of rotatable bonds is 1. The molecule has 2 N–H and O–H groups in total. The minimum Gasteiger partial charge on any atom is -0.319 e. The van der Waals surface area contributed by atoms with Crippen molar-refractivity contribution in [3.05, 3.63) is 35.8 Å². The van der Waals surface area contributed by atoms with Gasteiger partial charge in [0.1, 0.15) is 5.82 Å². The van der Waals surface area contributed by atoms with Gasteiger partial charge in [-0.05, 0) is 25.8 Å². The predicted octanol–water partition coefficient (Wildman–Crippen LogP) is 1.89. The molecule has 1 fully saturated rings. The summed E-state index contributed by atoms with van der Waals surface area (Å²) in [7, 11) is 0. The Morgan fingerprint density at radius 3 is 2.67 bits per heavy atom. The molecule has 1 aromatic carbocycles. The maximum Gasteiger partial charge on any atom is 0.149 e. The van der Waals surface area contributed by atoms with E-state index >= 15 is 0 Å². The van der Waals surface area contributed by atoms with Crippen molar-refractivity contribution in [2.24, 2.45) is 5.73 Å². The molecule has 3 rings (SSSR count). The van der Waals surface area contributed by atoms with Crippen molar-refractivity contribution >= 4 is 10.9 Å². The molecule has 3 heteroatoms. The maximum atomic E-state index is 6.10. The summed E-state index contributed by atoms with van der Waals surface area (Å²) in [6.07, 6.45) is 2.01. The molecule has 2 aromatic rings. The van der Waals surface area contributed by atoms with Crippen LogP contribution in [0.25, 0.3) is 10.9 Å². The first-order valence-electron chi connectivity index (χ1n) is 5.22. The molecule has 0 atom stereocenters. The molecule has 1 aromatic heterocycles. The third-order valence-electron chi connectivity index (χ3n) is 3.03. The molecule has 0 amide bonds. The molecule has 3 nitrogen and oxygen atoms in total. The molecular weight excluding hydrogens is 186 g/mol. The molecule has 0 saturated heterocycles. The van der Waals surface area contributed by atoms with Crippen LogP contribution in [0, 0.1) is 6.92 Å². The third kappa shape index (κ3) is 1.31. The number of fused-ring (bicyclic) bond motifs is 1. The summed E-state index contributed by atoms with van der Waals surface area (Å²) in [5, 5.41) is 1.12. The van der Waals surface area contributed by atoms with E-state index in [9.17, 15) is 0 Å². The first kappa shape index (κ1) is 8.80. The molecule has 0 bridgehead atoms. The van der Waals surface area contributed by atoms with E-state index in [1.807, 2.05) is 31.2 Å². The van der Waals surface area contributed by atoms with E-state index < -0.39 is 0 Å². The van der Waals surface area contributed by atoms with Crippen LogP contribution in [0.2, 0.25) is 0 Å². The highest BCUT2D eigenvalue weighted by atomic mass is 15.0. The lowest BCUT2D eigenvalue weighted by Crippen LogP contribution is -2.22. The minimum absolute atomic E-state index is 0.241. The fraction of sp³-hybridized carbons (Fsp3) is 0.333. The number of para-hydroxylation sites is 1. The first-order valence-corrected chi connectivity index (χ1v) is 5.22. The normalized spacial score (nSPS) is 18.0. The van der Waals surface area contributed by atoms with Crippen molar-refractivity contribution in [1.29, 1.82) is 0 Å². The molecular formula is C12H13N3. The summed E-state index contributed by atoms with van der Waals surface area (Å²) in [5.41, 5.74) is 7.88. The van der Waals surface area contributed by atoms with Crippen LogP contribution < -0.4 is 5.73 Å². The van der Waals surface area contributed by atoms with Crippen molar-refractivity contribution < 1.29 is 0 Å². The fourth-order valence-electron chi connectivity index (χ4n) is 1.82. The number of hydrogen-bond donors (Lipinski definition) is 1. The van der Waals surface area contributed by atoms with Crippen LogP contribution in [-0.2, 0) is 5.54 Å². The molecule has 76 valence electrons. The topological polar surface area (TPSA) is 51.8 Å². The highest BCUT2D eigenvalue weighted by Gasteiger charge is 2.43. The van der Waals surface area contributed by atoms with E-state index in [1.54, 1.807) is 0 Å². The van der Waals surface area contributed by atoms with Gasteiger partial charge in [-0.25, -0.2) is 9.97 Å². The largest absolute Gasteiger partial charge is 0.319 e. The summed E-state index contributed by atoms with van der Waals surface area (Å²) < 4.78 is 0. The minimum atomic E-state index is -0.241. The summed E-state index contributed by atoms with van der Waals surface area (Å²) in [4.78, 5) is 9.03. The van der Waals surface area contributed by atoms with Crippen molar-refractivity contribution in [2.75, 3.05) is 0 Å². The van der Waals surface area contributed by atoms with Crippen LogP contribution in [0.1, 0.15) is 24.4 Å². The van der Waals surface area contributed by atoms with Crippen LogP contribution in [-0.4, -0.2) is 9.97 Å². The lowest BCUT2D eigenvalue weighted by molar-refractivity contribution is 0.674. The zero-order valence-electron chi connectivity index (χ0n) is 8.70. The number of nitrogens with two attached hydrogens (primary N) is 1. The average Bonchev–Trinajstić information content (AvgIpc) is 2.98. The second-order valence-corrected chi connectivity index (χ2v) is 4.31. The highest BCUT2D eigenvalue weighted by Crippen LogP contribution is 2.41. The van der Waals surface area contributed by atoms with Gasteiger partial charge in [-0.1, -0.05) is 18.2 Å². The van der Waals surface area contributed by atoms with Crippen molar-refractivity contribution in [3.8, 4) is 0 Å². The maximum absolute atomic E-state index is 6.10. The van der Waals surface area contributed by atoms with Crippen LogP contribution in [0.4, 0.5) is 0 Å². The molecule has 1 aliphatic rings. The van der Waals surface area contributed by atoms with E-state index in [4.69, 9.17) is 5.73 Å². The van der Waals surface area contributed by atoms with Crippen LogP contribution in [0.3, 0.4) is 0 Å². The lowest BCUT2D eigenvalue weighted by atomic mass is 10.1. The van der Waals surface area contributed by atoms with Gasteiger partial charge >= 0.3 is 0 Å². The fourth-order valence-corrected chi connectivity index (χ4v) is 1.82. The van der Waals surface area contributed by atoms with E-state index in [-0.39, 0.29) is 5.54 Å². The van der Waals surface area contributed by atoms with Gasteiger partial charge in [0, 0.05) is 11.1 Å². The van der Waals surface area contributed by atoms with Gasteiger partial charge in [0.15, 0.2) is 0 Å². The molecule has 15 heavy (non-hydrogen) atoms. The monoisotopic (exact) mass is 199 g/mol. The Labute approximate surface area is 88.3 Å². The van der Waals surface area contributed by atoms with Crippen molar-refractivity contribution in [2.45, 2.75) is 25.3 Å². The van der Waals surface area contributed by atoms with Crippen molar-refractivity contribution in [3.63, 3.8) is 0 Å². The standard InChI is InChI=1S/C12H13N3/c1-8-9-4-2-3-5-10(9)15-11(14-8)12(13)6-7-12/h2-5H,6-7,13H2,1H3. The van der Waals surface area contributed by atoms with E-state index in [2.05, 4.69) is 9.97 Å². The van der Waals surface area contributed by atoms with Crippen molar-refractivity contribution in [1.82, 2.24) is 9.97 Å². The van der Waals surface area contributed by atoms with Gasteiger partial charge in [0.25, 0.3) is 0 Å². The van der Waals surface area contributed by atoms with E-state index in [1.165, 1.54) is 0 Å². The predicted molar refractivity (Wildman–Crippen MR) is 59.4 cm³/mol.